The summed E-state index contributed by atoms with van der Waals surface area (Å²) in [6.07, 6.45) is 19.3. The van der Waals surface area contributed by atoms with Crippen molar-refractivity contribution in [3.8, 4) is 17.1 Å². The number of anilines is 1. The minimum absolute atomic E-state index is 0.0417. The maximum Gasteiger partial charge on any atom is 0.228 e. The molecular weight excluding hydrogens is 725 g/mol. The van der Waals surface area contributed by atoms with E-state index < -0.39 is 0 Å². The molecule has 9 heteroatoms. The summed E-state index contributed by atoms with van der Waals surface area (Å²) in [5, 5.41) is 2.78. The quantitative estimate of drug-likeness (QED) is 0.141. The van der Waals surface area contributed by atoms with Gasteiger partial charge in [0.15, 0.2) is 5.82 Å². The minimum atomic E-state index is -0.103. The SMILES string of the molecule is CC.CN(CC=O)Cc1ccc(-c2ncc(C3=CCC(C4CCCCC4)CC3)cn2)cc1.COC(C)(C)C.COc1ccc(CC(=O)Nc2ccc(C=O)cc2)cc1. The lowest BCUT2D eigenvalue weighted by molar-refractivity contribution is -0.115. The summed E-state index contributed by atoms with van der Waals surface area (Å²) in [6, 6.07) is 22.4. The highest BCUT2D eigenvalue weighted by Gasteiger charge is 2.25. The highest BCUT2D eigenvalue weighted by atomic mass is 16.5. The third-order valence-electron chi connectivity index (χ3n) is 10.3. The molecule has 1 N–H and O–H groups in total. The number of carbonyl (C=O) groups excluding carboxylic acids is 3. The maximum atomic E-state index is 11.9. The average molecular weight is 791 g/mol. The van der Waals surface area contributed by atoms with Crippen molar-refractivity contribution in [2.45, 2.75) is 105 Å². The van der Waals surface area contributed by atoms with Crippen molar-refractivity contribution in [1.82, 2.24) is 14.9 Å². The normalized spacial score (nSPS) is 15.2. The van der Waals surface area contributed by atoms with E-state index in [1.54, 1.807) is 38.5 Å². The molecule has 0 bridgehead atoms. The summed E-state index contributed by atoms with van der Waals surface area (Å²) in [4.78, 5) is 44.3. The number of amides is 1. The molecule has 6 rings (SSSR count). The van der Waals surface area contributed by atoms with Crippen molar-refractivity contribution in [3.05, 3.63) is 114 Å². The second kappa shape index (κ2) is 25.4. The molecule has 58 heavy (non-hydrogen) atoms. The number of likely N-dealkylation sites (N-methyl/N-ethyl adjacent to an activating group) is 1. The molecular formula is C49H66N4O5. The summed E-state index contributed by atoms with van der Waals surface area (Å²) in [5.41, 5.74) is 7.01. The van der Waals surface area contributed by atoms with Gasteiger partial charge in [-0.2, -0.15) is 0 Å². The van der Waals surface area contributed by atoms with Gasteiger partial charge < -0.3 is 19.6 Å². The van der Waals surface area contributed by atoms with Gasteiger partial charge in [0.2, 0.25) is 5.91 Å². The lowest BCUT2D eigenvalue weighted by atomic mass is 9.73. The Morgan fingerprint density at radius 3 is 1.93 bits per heavy atom. The third kappa shape index (κ3) is 16.9. The van der Waals surface area contributed by atoms with Gasteiger partial charge in [0.25, 0.3) is 0 Å². The molecule has 2 aliphatic carbocycles. The highest BCUT2D eigenvalue weighted by molar-refractivity contribution is 5.92. The molecule has 0 radical (unpaired) electrons. The first kappa shape index (κ1) is 47.4. The van der Waals surface area contributed by atoms with Gasteiger partial charge in [-0.3, -0.25) is 14.5 Å². The zero-order chi connectivity index (χ0) is 42.3. The molecule has 9 nitrogen and oxygen atoms in total. The van der Waals surface area contributed by atoms with Crippen molar-refractivity contribution >= 4 is 29.7 Å². The number of aldehydes is 2. The van der Waals surface area contributed by atoms with Gasteiger partial charge in [-0.25, -0.2) is 9.97 Å². The first-order valence-corrected chi connectivity index (χ1v) is 20.8. The summed E-state index contributed by atoms with van der Waals surface area (Å²) in [5.74, 6) is 3.27. The van der Waals surface area contributed by atoms with Gasteiger partial charge in [0.1, 0.15) is 18.3 Å². The van der Waals surface area contributed by atoms with Crippen molar-refractivity contribution in [2.75, 3.05) is 33.1 Å². The number of nitrogens with zero attached hydrogens (tertiary/aromatic N) is 3. The molecule has 4 aromatic rings. The highest BCUT2D eigenvalue weighted by Crippen LogP contribution is 2.39. The monoisotopic (exact) mass is 791 g/mol. The predicted octanol–water partition coefficient (Wildman–Crippen LogP) is 10.7. The van der Waals surface area contributed by atoms with Gasteiger partial charge in [0.05, 0.1) is 25.7 Å². The Labute approximate surface area is 347 Å². The molecule has 2 aliphatic rings. The zero-order valence-electron chi connectivity index (χ0n) is 36.1. The van der Waals surface area contributed by atoms with Gasteiger partial charge in [-0.1, -0.05) is 88.4 Å². The fraction of sp³-hybridized carbons (Fsp3) is 0.449. The number of aromatic nitrogens is 2. The molecule has 1 aromatic heterocycles. The van der Waals surface area contributed by atoms with E-state index >= 15 is 0 Å². The molecule has 0 saturated heterocycles. The Hall–Kier alpha value is -4.99. The lowest BCUT2D eigenvalue weighted by Gasteiger charge is -2.32. The number of hydrogen-bond donors (Lipinski definition) is 1. The van der Waals surface area contributed by atoms with Crippen LogP contribution in [0.3, 0.4) is 0 Å². The van der Waals surface area contributed by atoms with E-state index in [4.69, 9.17) is 9.47 Å². The number of hydrogen-bond acceptors (Lipinski definition) is 8. The maximum absolute atomic E-state index is 11.9. The van der Waals surface area contributed by atoms with Crippen molar-refractivity contribution in [2.24, 2.45) is 11.8 Å². The van der Waals surface area contributed by atoms with Crippen LogP contribution in [0.4, 0.5) is 5.69 Å². The van der Waals surface area contributed by atoms with Crippen LogP contribution in [0.25, 0.3) is 17.0 Å². The van der Waals surface area contributed by atoms with E-state index in [9.17, 15) is 14.4 Å². The summed E-state index contributed by atoms with van der Waals surface area (Å²) in [7, 11) is 5.26. The van der Waals surface area contributed by atoms with E-state index in [1.165, 1.54) is 61.6 Å². The van der Waals surface area contributed by atoms with Crippen LogP contribution in [0.15, 0.2) is 91.3 Å². The number of benzene rings is 3. The average Bonchev–Trinajstić information content (AvgIpc) is 3.26. The molecule has 312 valence electrons. The fourth-order valence-corrected chi connectivity index (χ4v) is 6.83. The van der Waals surface area contributed by atoms with E-state index in [0.717, 1.165) is 60.1 Å². The number of allylic oxidation sites excluding steroid dienone is 2. The molecule has 1 saturated carbocycles. The Bertz CT molecular complexity index is 1810. The van der Waals surface area contributed by atoms with Crippen LogP contribution >= 0.6 is 0 Å². The van der Waals surface area contributed by atoms with Crippen LogP contribution in [0.2, 0.25) is 0 Å². The summed E-state index contributed by atoms with van der Waals surface area (Å²) in [6.45, 7) is 11.3. The van der Waals surface area contributed by atoms with Crippen LogP contribution in [0.5, 0.6) is 5.75 Å². The zero-order valence-corrected chi connectivity index (χ0v) is 36.1. The van der Waals surface area contributed by atoms with Crippen LogP contribution in [-0.2, 0) is 27.3 Å². The Kier molecular flexibility index (Phi) is 20.7. The number of rotatable bonds is 12. The van der Waals surface area contributed by atoms with E-state index in [2.05, 4.69) is 45.6 Å². The molecule has 1 heterocycles. The molecule has 3 aromatic carbocycles. The summed E-state index contributed by atoms with van der Waals surface area (Å²) < 4.78 is 10.0. The number of methoxy groups -OCH3 is 2. The Balaban J connectivity index is 0.000000277. The number of carbonyl (C=O) groups is 3. The largest absolute Gasteiger partial charge is 0.497 e. The van der Waals surface area contributed by atoms with Gasteiger partial charge >= 0.3 is 0 Å². The van der Waals surface area contributed by atoms with Crippen molar-refractivity contribution in [3.63, 3.8) is 0 Å². The molecule has 0 spiro atoms. The molecule has 0 aliphatic heterocycles. The second-order valence-electron chi connectivity index (χ2n) is 15.6. The smallest absolute Gasteiger partial charge is 0.228 e. The topological polar surface area (TPSA) is 111 Å². The standard InChI is InChI=1S/C26H33N3O.C16H15NO3.C5H12O.C2H6/c1-29(15-16-30)19-20-7-9-24(10-8-20)26-27-17-25(18-28-26)23-13-11-22(12-14-23)21-5-3-2-4-6-21;1-20-15-8-4-12(5-9-15)10-16(19)17-14-6-2-13(11-18)3-7-14;1-5(2,3)6-4;1-2/h7-10,13,16-18,21-22H,2-6,11-12,14-15,19H2,1H3;2-9,11H,10H2,1H3,(H,17,19);1-4H3;1-2H3. The number of nitrogens with one attached hydrogen (secondary N) is 1. The van der Waals surface area contributed by atoms with Gasteiger partial charge in [-0.15, -0.1) is 0 Å². The summed E-state index contributed by atoms with van der Waals surface area (Å²) >= 11 is 0. The molecule has 1 atom stereocenters. The van der Waals surface area contributed by atoms with Crippen LogP contribution in [-0.4, -0.2) is 66.8 Å². The third-order valence-corrected chi connectivity index (χ3v) is 10.3. The lowest BCUT2D eigenvalue weighted by Crippen LogP contribution is -2.19. The first-order valence-electron chi connectivity index (χ1n) is 20.8. The molecule has 1 amide bonds. The molecule has 1 unspecified atom stereocenters. The Morgan fingerprint density at radius 2 is 1.41 bits per heavy atom. The van der Waals surface area contributed by atoms with Gasteiger partial charge in [-0.05, 0) is 112 Å². The van der Waals surface area contributed by atoms with Gasteiger partial charge in [0, 0.05) is 48.4 Å². The molecule has 1 fully saturated rings. The second-order valence-corrected chi connectivity index (χ2v) is 15.6. The van der Waals surface area contributed by atoms with E-state index in [1.807, 2.05) is 83.2 Å². The predicted molar refractivity (Wildman–Crippen MR) is 237 cm³/mol. The van der Waals surface area contributed by atoms with Crippen molar-refractivity contribution < 1.29 is 23.9 Å². The van der Waals surface area contributed by atoms with Crippen LogP contribution in [0.1, 0.15) is 113 Å². The van der Waals surface area contributed by atoms with Crippen LogP contribution in [0, 0.1) is 11.8 Å². The van der Waals surface area contributed by atoms with E-state index in [-0.39, 0.29) is 11.5 Å². The van der Waals surface area contributed by atoms with E-state index in [0.29, 0.717) is 24.2 Å². The minimum Gasteiger partial charge on any atom is -0.497 e. The van der Waals surface area contributed by atoms with Crippen molar-refractivity contribution in [1.29, 1.82) is 0 Å². The fourth-order valence-electron chi connectivity index (χ4n) is 6.83. The Morgan fingerprint density at radius 1 is 0.810 bits per heavy atom. The van der Waals surface area contributed by atoms with Crippen LogP contribution < -0.4 is 10.1 Å². The first-order chi connectivity index (χ1) is 28.0. The number of ether oxygens (including phenoxy) is 2.